The number of nitrogens with one attached hydrogen (secondary N) is 3. The number of aromatic nitrogens is 3. The molecule has 1 aliphatic rings. The molecule has 0 unspecified atom stereocenters. The van der Waals surface area contributed by atoms with Gasteiger partial charge in [0.1, 0.15) is 17.8 Å². The summed E-state index contributed by atoms with van der Waals surface area (Å²) in [6, 6.07) is 5.55. The summed E-state index contributed by atoms with van der Waals surface area (Å²) in [4.78, 5) is 12.2. The zero-order chi connectivity index (χ0) is 15.8. The number of fused-ring (bicyclic) bond motifs is 3. The lowest BCUT2D eigenvalue weighted by Gasteiger charge is -2.12. The number of H-pyrrole nitrogens is 1. The minimum atomic E-state index is 0.595. The second-order valence-corrected chi connectivity index (χ2v) is 5.85. The first-order valence-corrected chi connectivity index (χ1v) is 7.77. The number of nitrogens with zero attached hydrogens (tertiary/aromatic N) is 2. The molecule has 0 saturated carbocycles. The Bertz CT molecular complexity index is 895. The SMILES string of the molecule is N=Cc1cc(Nc2ncnc3[nH]c4c(c23)CCCC4)ccc1N. The molecule has 0 spiro atoms. The molecule has 0 radical (unpaired) electrons. The highest BCUT2D eigenvalue weighted by atomic mass is 15.0. The molecular weight excluding hydrogens is 288 g/mol. The molecule has 0 fully saturated rings. The Kier molecular flexibility index (Phi) is 3.22. The van der Waals surface area contributed by atoms with Crippen molar-refractivity contribution >= 4 is 34.4 Å². The van der Waals surface area contributed by atoms with Crippen LogP contribution in [0, 0.1) is 5.41 Å². The first-order chi connectivity index (χ1) is 11.3. The standard InChI is InChI=1S/C17H18N6/c18-8-10-7-11(5-6-13(10)19)22-16-15-12-3-1-2-4-14(12)23-17(15)21-9-20-16/h5-9,18H,1-4,19H2,(H2,20,21,22,23). The number of hydrogen-bond acceptors (Lipinski definition) is 5. The van der Waals surface area contributed by atoms with E-state index in [0.29, 0.717) is 11.3 Å². The van der Waals surface area contributed by atoms with Crippen molar-refractivity contribution in [3.63, 3.8) is 0 Å². The molecule has 2 aromatic heterocycles. The van der Waals surface area contributed by atoms with Gasteiger partial charge in [0.25, 0.3) is 0 Å². The minimum Gasteiger partial charge on any atom is -0.398 e. The zero-order valence-electron chi connectivity index (χ0n) is 12.7. The second-order valence-electron chi connectivity index (χ2n) is 5.85. The third-order valence-corrected chi connectivity index (χ3v) is 4.39. The smallest absolute Gasteiger partial charge is 0.143 e. The van der Waals surface area contributed by atoms with Crippen LogP contribution >= 0.6 is 0 Å². The Morgan fingerprint density at radius 2 is 2.09 bits per heavy atom. The summed E-state index contributed by atoms with van der Waals surface area (Å²) in [5.41, 5.74) is 11.5. The number of benzene rings is 1. The molecule has 0 atom stereocenters. The summed E-state index contributed by atoms with van der Waals surface area (Å²) in [5.74, 6) is 0.801. The summed E-state index contributed by atoms with van der Waals surface area (Å²) < 4.78 is 0. The maximum atomic E-state index is 7.43. The van der Waals surface area contributed by atoms with Gasteiger partial charge in [-0.15, -0.1) is 0 Å². The monoisotopic (exact) mass is 306 g/mol. The molecule has 6 heteroatoms. The largest absolute Gasteiger partial charge is 0.398 e. The molecule has 4 rings (SSSR count). The summed E-state index contributed by atoms with van der Waals surface area (Å²) in [5, 5.41) is 11.9. The van der Waals surface area contributed by atoms with E-state index in [1.807, 2.05) is 12.1 Å². The van der Waals surface area contributed by atoms with Crippen LogP contribution in [-0.4, -0.2) is 21.2 Å². The maximum Gasteiger partial charge on any atom is 0.143 e. The lowest BCUT2D eigenvalue weighted by atomic mass is 9.96. The average molecular weight is 306 g/mol. The van der Waals surface area contributed by atoms with Crippen LogP contribution in [0.4, 0.5) is 17.2 Å². The van der Waals surface area contributed by atoms with Gasteiger partial charge >= 0.3 is 0 Å². The van der Waals surface area contributed by atoms with Gasteiger partial charge in [-0.3, -0.25) is 0 Å². The molecule has 116 valence electrons. The Hall–Kier alpha value is -2.89. The Morgan fingerprint density at radius 1 is 1.22 bits per heavy atom. The van der Waals surface area contributed by atoms with E-state index in [9.17, 15) is 0 Å². The lowest BCUT2D eigenvalue weighted by Crippen LogP contribution is -2.02. The van der Waals surface area contributed by atoms with E-state index in [2.05, 4.69) is 20.3 Å². The minimum absolute atomic E-state index is 0.595. The summed E-state index contributed by atoms with van der Waals surface area (Å²) in [7, 11) is 0. The van der Waals surface area contributed by atoms with Crippen molar-refractivity contribution in [1.82, 2.24) is 15.0 Å². The van der Waals surface area contributed by atoms with Crippen LogP contribution in [0.1, 0.15) is 29.7 Å². The summed E-state index contributed by atoms with van der Waals surface area (Å²) in [6.45, 7) is 0. The summed E-state index contributed by atoms with van der Waals surface area (Å²) >= 11 is 0. The fraction of sp³-hybridized carbons (Fsp3) is 0.235. The molecule has 0 bridgehead atoms. The van der Waals surface area contributed by atoms with E-state index in [4.69, 9.17) is 11.1 Å². The predicted molar refractivity (Wildman–Crippen MR) is 92.6 cm³/mol. The highest BCUT2D eigenvalue weighted by Crippen LogP contribution is 2.33. The highest BCUT2D eigenvalue weighted by Gasteiger charge is 2.19. The second kappa shape index (κ2) is 5.39. The number of anilines is 3. The van der Waals surface area contributed by atoms with Crippen molar-refractivity contribution in [3.05, 3.63) is 41.3 Å². The molecule has 1 aromatic carbocycles. The van der Waals surface area contributed by atoms with Gasteiger partial charge in [-0.25, -0.2) is 9.97 Å². The van der Waals surface area contributed by atoms with Crippen molar-refractivity contribution in [2.75, 3.05) is 11.1 Å². The van der Waals surface area contributed by atoms with Crippen LogP contribution in [0.25, 0.3) is 11.0 Å². The lowest BCUT2D eigenvalue weighted by molar-refractivity contribution is 0.680. The van der Waals surface area contributed by atoms with Gasteiger partial charge in [0.15, 0.2) is 0 Å². The van der Waals surface area contributed by atoms with E-state index in [-0.39, 0.29) is 0 Å². The number of aromatic amines is 1. The number of aryl methyl sites for hydroxylation is 2. The van der Waals surface area contributed by atoms with Gasteiger partial charge in [0, 0.05) is 28.8 Å². The average Bonchev–Trinajstić information content (AvgIpc) is 2.96. The fourth-order valence-electron chi connectivity index (χ4n) is 3.24. The fourth-order valence-corrected chi connectivity index (χ4v) is 3.24. The van der Waals surface area contributed by atoms with Crippen LogP contribution < -0.4 is 11.1 Å². The molecule has 1 aliphatic carbocycles. The van der Waals surface area contributed by atoms with E-state index >= 15 is 0 Å². The van der Waals surface area contributed by atoms with Crippen molar-refractivity contribution in [1.29, 1.82) is 5.41 Å². The van der Waals surface area contributed by atoms with Crippen molar-refractivity contribution in [2.24, 2.45) is 0 Å². The van der Waals surface area contributed by atoms with E-state index in [0.717, 1.165) is 35.4 Å². The van der Waals surface area contributed by atoms with Crippen LogP contribution in [0.2, 0.25) is 0 Å². The Balaban J connectivity index is 1.80. The van der Waals surface area contributed by atoms with E-state index < -0.39 is 0 Å². The number of rotatable bonds is 3. The molecule has 0 saturated heterocycles. The third kappa shape index (κ3) is 2.32. The first kappa shape index (κ1) is 13.8. The van der Waals surface area contributed by atoms with Crippen molar-refractivity contribution in [3.8, 4) is 0 Å². The molecule has 5 N–H and O–H groups in total. The van der Waals surface area contributed by atoms with Crippen molar-refractivity contribution in [2.45, 2.75) is 25.7 Å². The van der Waals surface area contributed by atoms with Gasteiger partial charge in [-0.2, -0.15) is 0 Å². The molecule has 2 heterocycles. The van der Waals surface area contributed by atoms with E-state index in [1.54, 1.807) is 12.4 Å². The van der Waals surface area contributed by atoms with Gasteiger partial charge in [0.2, 0.25) is 0 Å². The van der Waals surface area contributed by atoms with Gasteiger partial charge in [0.05, 0.1) is 5.39 Å². The highest BCUT2D eigenvalue weighted by molar-refractivity contribution is 5.94. The molecule has 0 amide bonds. The van der Waals surface area contributed by atoms with Crippen molar-refractivity contribution < 1.29 is 0 Å². The maximum absolute atomic E-state index is 7.43. The normalized spacial score (nSPS) is 13.7. The third-order valence-electron chi connectivity index (χ3n) is 4.39. The Labute approximate surface area is 133 Å². The van der Waals surface area contributed by atoms with E-state index in [1.165, 1.54) is 30.3 Å². The number of nitrogen functional groups attached to an aromatic ring is 1. The van der Waals surface area contributed by atoms with Gasteiger partial charge < -0.3 is 21.4 Å². The molecule has 3 aromatic rings. The van der Waals surface area contributed by atoms with Crippen LogP contribution in [0.15, 0.2) is 24.5 Å². The van der Waals surface area contributed by atoms with Crippen LogP contribution in [-0.2, 0) is 12.8 Å². The molecular formula is C17H18N6. The number of hydrogen-bond donors (Lipinski definition) is 4. The van der Waals surface area contributed by atoms with Crippen LogP contribution in [0.5, 0.6) is 0 Å². The molecule has 0 aliphatic heterocycles. The summed E-state index contributed by atoms with van der Waals surface area (Å²) in [6.07, 6.45) is 7.39. The van der Waals surface area contributed by atoms with Gasteiger partial charge in [-0.05, 0) is 49.4 Å². The quantitative estimate of drug-likeness (QED) is 0.441. The predicted octanol–water partition coefficient (Wildman–Crippen LogP) is 3.16. The number of nitrogens with two attached hydrogens (primary N) is 1. The topological polar surface area (TPSA) is 103 Å². The Morgan fingerprint density at radius 3 is 2.96 bits per heavy atom. The molecule has 23 heavy (non-hydrogen) atoms. The zero-order valence-corrected chi connectivity index (χ0v) is 12.7. The molecule has 6 nitrogen and oxygen atoms in total. The van der Waals surface area contributed by atoms with Crippen LogP contribution in [0.3, 0.4) is 0 Å². The van der Waals surface area contributed by atoms with Gasteiger partial charge in [-0.1, -0.05) is 0 Å². The first-order valence-electron chi connectivity index (χ1n) is 7.77.